The average molecular weight is 367 g/mol. The number of rotatable bonds is 5. The van der Waals surface area contributed by atoms with Gasteiger partial charge in [-0.2, -0.15) is 0 Å². The van der Waals surface area contributed by atoms with Crippen molar-refractivity contribution in [3.05, 3.63) is 53.2 Å². The number of phenols is 1. The van der Waals surface area contributed by atoms with E-state index in [2.05, 4.69) is 21.5 Å². The molecule has 6 heteroatoms. The number of anilines is 1. The first-order valence-electron chi connectivity index (χ1n) is 8.49. The summed E-state index contributed by atoms with van der Waals surface area (Å²) >= 11 is 0. The zero-order valence-corrected chi connectivity index (χ0v) is 15.0. The van der Waals surface area contributed by atoms with Crippen LogP contribution in [-0.2, 0) is 6.54 Å². The Bertz CT molecular complexity index is 1060. The SMILES string of the molecule is C#Cc1c(F)ccc2cc(O)cc(-c3ncc(CNC)c(NCC)c3F)c12. The smallest absolute Gasteiger partial charge is 0.172 e. The summed E-state index contributed by atoms with van der Waals surface area (Å²) in [5.41, 5.74) is 1.22. The maximum absolute atomic E-state index is 15.3. The molecule has 0 radical (unpaired) electrons. The fourth-order valence-corrected chi connectivity index (χ4v) is 3.16. The predicted octanol–water partition coefficient (Wildman–Crippen LogP) is 4.02. The molecule has 4 nitrogen and oxygen atoms in total. The maximum atomic E-state index is 15.3. The number of aromatic nitrogens is 1. The molecule has 1 aromatic heterocycles. The molecule has 3 N–H and O–H groups in total. The molecule has 0 saturated carbocycles. The van der Waals surface area contributed by atoms with Crippen molar-refractivity contribution in [3.63, 3.8) is 0 Å². The zero-order valence-electron chi connectivity index (χ0n) is 15.0. The Morgan fingerprint density at radius 2 is 2.04 bits per heavy atom. The second-order valence-corrected chi connectivity index (χ2v) is 6.04. The minimum Gasteiger partial charge on any atom is -0.508 e. The third kappa shape index (κ3) is 3.29. The number of nitrogens with one attached hydrogen (secondary N) is 2. The predicted molar refractivity (Wildman–Crippen MR) is 104 cm³/mol. The average Bonchev–Trinajstić information content (AvgIpc) is 2.64. The minimum atomic E-state index is -0.587. The number of benzene rings is 2. The van der Waals surface area contributed by atoms with Crippen molar-refractivity contribution in [3.8, 4) is 29.4 Å². The van der Waals surface area contributed by atoms with Crippen LogP contribution in [0.4, 0.5) is 14.5 Å². The first kappa shape index (κ1) is 18.6. The highest BCUT2D eigenvalue weighted by Gasteiger charge is 2.20. The lowest BCUT2D eigenvalue weighted by Crippen LogP contribution is -2.12. The summed E-state index contributed by atoms with van der Waals surface area (Å²) in [5.74, 6) is 1.07. The van der Waals surface area contributed by atoms with Gasteiger partial charge in [0.15, 0.2) is 5.82 Å². The Kier molecular flexibility index (Phi) is 5.24. The quantitative estimate of drug-likeness (QED) is 0.596. The van der Waals surface area contributed by atoms with Crippen molar-refractivity contribution in [2.75, 3.05) is 18.9 Å². The first-order chi connectivity index (χ1) is 13.0. The molecule has 138 valence electrons. The molecule has 0 unspecified atom stereocenters. The molecule has 2 aromatic carbocycles. The van der Waals surface area contributed by atoms with E-state index in [-0.39, 0.29) is 22.6 Å². The monoisotopic (exact) mass is 367 g/mol. The number of aromatic hydroxyl groups is 1. The number of nitrogens with zero attached hydrogens (tertiary/aromatic N) is 1. The summed E-state index contributed by atoms with van der Waals surface area (Å²) < 4.78 is 29.6. The summed E-state index contributed by atoms with van der Waals surface area (Å²) in [6.45, 7) is 2.80. The van der Waals surface area contributed by atoms with Gasteiger partial charge in [-0.1, -0.05) is 12.0 Å². The van der Waals surface area contributed by atoms with Crippen LogP contribution in [0.15, 0.2) is 30.5 Å². The van der Waals surface area contributed by atoms with Crippen LogP contribution >= 0.6 is 0 Å². The zero-order chi connectivity index (χ0) is 19.6. The van der Waals surface area contributed by atoms with E-state index in [1.807, 2.05) is 6.92 Å². The van der Waals surface area contributed by atoms with Gasteiger partial charge in [-0.25, -0.2) is 8.78 Å². The maximum Gasteiger partial charge on any atom is 0.172 e. The number of hydrogen-bond acceptors (Lipinski definition) is 4. The fraction of sp³-hybridized carbons (Fsp3) is 0.190. The summed E-state index contributed by atoms with van der Waals surface area (Å²) in [6, 6.07) is 5.52. The molecule has 0 aliphatic heterocycles. The normalized spacial score (nSPS) is 10.8. The van der Waals surface area contributed by atoms with Crippen molar-refractivity contribution in [2.45, 2.75) is 13.5 Å². The van der Waals surface area contributed by atoms with Crippen LogP contribution in [-0.4, -0.2) is 23.7 Å². The van der Waals surface area contributed by atoms with Gasteiger partial charge < -0.3 is 15.7 Å². The highest BCUT2D eigenvalue weighted by Crippen LogP contribution is 2.38. The molecule has 0 aliphatic carbocycles. The minimum absolute atomic E-state index is 0.00574. The van der Waals surface area contributed by atoms with Gasteiger partial charge in [0.25, 0.3) is 0 Å². The first-order valence-corrected chi connectivity index (χ1v) is 8.49. The van der Waals surface area contributed by atoms with Gasteiger partial charge in [0.2, 0.25) is 0 Å². The van der Waals surface area contributed by atoms with E-state index in [1.165, 1.54) is 24.3 Å². The van der Waals surface area contributed by atoms with E-state index in [0.29, 0.717) is 35.1 Å². The fourth-order valence-electron chi connectivity index (χ4n) is 3.16. The summed E-state index contributed by atoms with van der Waals surface area (Å²) in [7, 11) is 1.76. The van der Waals surface area contributed by atoms with Crippen LogP contribution in [0.2, 0.25) is 0 Å². The van der Waals surface area contributed by atoms with Crippen LogP contribution in [0.25, 0.3) is 22.0 Å². The van der Waals surface area contributed by atoms with E-state index in [1.54, 1.807) is 13.2 Å². The van der Waals surface area contributed by atoms with Gasteiger partial charge in [0.05, 0.1) is 11.3 Å². The second kappa shape index (κ2) is 7.60. The van der Waals surface area contributed by atoms with Crippen LogP contribution in [0.1, 0.15) is 18.1 Å². The Balaban J connectivity index is 2.37. The number of pyridine rings is 1. The molecule has 0 saturated heterocycles. The van der Waals surface area contributed by atoms with Crippen molar-refractivity contribution in [1.29, 1.82) is 0 Å². The Hall–Kier alpha value is -3.17. The highest BCUT2D eigenvalue weighted by atomic mass is 19.1. The van der Waals surface area contributed by atoms with Crippen molar-refractivity contribution in [1.82, 2.24) is 10.3 Å². The Labute approximate surface area is 156 Å². The molecule has 1 heterocycles. The van der Waals surface area contributed by atoms with Crippen LogP contribution in [0.5, 0.6) is 5.75 Å². The summed E-state index contributed by atoms with van der Waals surface area (Å²) in [6.07, 6.45) is 7.05. The van der Waals surface area contributed by atoms with E-state index >= 15 is 4.39 Å². The van der Waals surface area contributed by atoms with Gasteiger partial charge >= 0.3 is 0 Å². The summed E-state index contributed by atoms with van der Waals surface area (Å²) in [5, 5.41) is 16.9. The van der Waals surface area contributed by atoms with Crippen molar-refractivity contribution < 1.29 is 13.9 Å². The number of terminal acetylenes is 1. The lowest BCUT2D eigenvalue weighted by Gasteiger charge is -2.16. The Morgan fingerprint density at radius 3 is 2.70 bits per heavy atom. The van der Waals surface area contributed by atoms with Gasteiger partial charge in [0, 0.05) is 35.8 Å². The molecule has 0 bridgehead atoms. The van der Waals surface area contributed by atoms with E-state index in [4.69, 9.17) is 6.42 Å². The molecule has 0 atom stereocenters. The standard InChI is InChI=1S/C21H19F2N3O/c1-4-15-17(22)7-6-12-8-14(27)9-16(18(12)15)21-19(23)20(25-5-2)13(10-24-3)11-26-21/h1,6-9,11,24,27H,5,10H2,2-3H3,(H,25,26). The molecule has 27 heavy (non-hydrogen) atoms. The molecular weight excluding hydrogens is 348 g/mol. The molecular formula is C21H19F2N3O. The molecule has 0 aliphatic rings. The van der Waals surface area contributed by atoms with Crippen LogP contribution in [0.3, 0.4) is 0 Å². The molecule has 0 amide bonds. The topological polar surface area (TPSA) is 57.2 Å². The number of fused-ring (bicyclic) bond motifs is 1. The number of phenolic OH excluding ortho intramolecular Hbond substituents is 1. The van der Waals surface area contributed by atoms with Crippen molar-refractivity contribution >= 4 is 16.5 Å². The van der Waals surface area contributed by atoms with E-state index in [9.17, 15) is 9.50 Å². The van der Waals surface area contributed by atoms with E-state index in [0.717, 1.165) is 0 Å². The van der Waals surface area contributed by atoms with Gasteiger partial charge in [-0.3, -0.25) is 4.98 Å². The lowest BCUT2D eigenvalue weighted by atomic mass is 9.95. The largest absolute Gasteiger partial charge is 0.508 e. The second-order valence-electron chi connectivity index (χ2n) is 6.04. The summed E-state index contributed by atoms with van der Waals surface area (Å²) in [4.78, 5) is 4.25. The highest BCUT2D eigenvalue weighted by molar-refractivity contribution is 6.01. The molecule has 3 rings (SSSR count). The van der Waals surface area contributed by atoms with Crippen LogP contribution in [0, 0.1) is 24.0 Å². The van der Waals surface area contributed by atoms with Gasteiger partial charge in [-0.15, -0.1) is 6.42 Å². The van der Waals surface area contributed by atoms with Crippen molar-refractivity contribution in [2.24, 2.45) is 0 Å². The Morgan fingerprint density at radius 1 is 1.26 bits per heavy atom. The van der Waals surface area contributed by atoms with E-state index < -0.39 is 11.6 Å². The van der Waals surface area contributed by atoms with Crippen LogP contribution < -0.4 is 10.6 Å². The van der Waals surface area contributed by atoms with Gasteiger partial charge in [0.1, 0.15) is 17.3 Å². The molecule has 0 spiro atoms. The molecule has 3 aromatic rings. The molecule has 0 fully saturated rings. The number of halogens is 2. The third-order valence-corrected chi connectivity index (χ3v) is 4.27. The van der Waals surface area contributed by atoms with Gasteiger partial charge in [-0.05, 0) is 37.6 Å². The lowest BCUT2D eigenvalue weighted by molar-refractivity contribution is 0.476. The third-order valence-electron chi connectivity index (χ3n) is 4.27. The number of hydrogen-bond donors (Lipinski definition) is 3.